The summed E-state index contributed by atoms with van der Waals surface area (Å²) in [5.74, 6) is 0.000660. The van der Waals surface area contributed by atoms with E-state index in [2.05, 4.69) is 15.4 Å². The summed E-state index contributed by atoms with van der Waals surface area (Å²) in [6.07, 6.45) is 1.34. The number of benzene rings is 3. The predicted molar refractivity (Wildman–Crippen MR) is 157 cm³/mol. The summed E-state index contributed by atoms with van der Waals surface area (Å²) in [6, 6.07) is 20.6. The molecule has 12 heteroatoms. The number of piperazine rings is 1. The molecule has 3 amide bonds. The van der Waals surface area contributed by atoms with Gasteiger partial charge in [-0.1, -0.05) is 30.3 Å². The SMILES string of the molecule is O=C(NCC(=O)N1CCC[C@H]1C(=O)N1CCNCC1)c1ccc(S(=O)(=O)Nc2ccccc2Oc2ccccc2)cc1. The van der Waals surface area contributed by atoms with Crippen molar-refractivity contribution >= 4 is 33.4 Å². The van der Waals surface area contributed by atoms with Crippen molar-refractivity contribution in [2.45, 2.75) is 23.8 Å². The molecule has 2 saturated heterocycles. The van der Waals surface area contributed by atoms with Crippen LogP contribution < -0.4 is 20.1 Å². The van der Waals surface area contributed by atoms with Gasteiger partial charge in [0.05, 0.1) is 17.1 Å². The third-order valence-electron chi connectivity index (χ3n) is 7.22. The minimum Gasteiger partial charge on any atom is -0.455 e. The van der Waals surface area contributed by atoms with E-state index in [1.165, 1.54) is 24.3 Å². The summed E-state index contributed by atoms with van der Waals surface area (Å²) in [5.41, 5.74) is 0.460. The Bertz CT molecular complexity index is 1530. The Morgan fingerprint density at radius 2 is 1.57 bits per heavy atom. The Balaban J connectivity index is 1.18. The van der Waals surface area contributed by atoms with Crippen LogP contribution in [0.4, 0.5) is 5.69 Å². The second-order valence-corrected chi connectivity index (χ2v) is 11.7. The summed E-state index contributed by atoms with van der Waals surface area (Å²) in [4.78, 5) is 41.9. The van der Waals surface area contributed by atoms with Crippen molar-refractivity contribution in [2.75, 3.05) is 44.0 Å². The number of carbonyl (C=O) groups is 3. The molecule has 3 aromatic rings. The van der Waals surface area contributed by atoms with Gasteiger partial charge in [0.25, 0.3) is 15.9 Å². The molecular weight excluding hydrogens is 558 g/mol. The maximum atomic E-state index is 13.1. The van der Waals surface area contributed by atoms with Crippen LogP contribution in [0.3, 0.4) is 0 Å². The van der Waals surface area contributed by atoms with E-state index in [4.69, 9.17) is 4.74 Å². The van der Waals surface area contributed by atoms with E-state index in [-0.39, 0.29) is 34.5 Å². The standard InChI is InChI=1S/C30H33N5O6S/c36-28(35-18-6-10-26(35)30(38)34-19-16-31-17-20-34)21-32-29(37)22-12-14-24(15-13-22)42(39,40)33-25-9-4-5-11-27(25)41-23-7-2-1-3-8-23/h1-5,7-9,11-15,26,31,33H,6,10,16-21H2,(H,32,37)/t26-/m0/s1. The molecule has 2 fully saturated rings. The highest BCUT2D eigenvalue weighted by Crippen LogP contribution is 2.31. The zero-order valence-corrected chi connectivity index (χ0v) is 23.8. The van der Waals surface area contributed by atoms with Crippen molar-refractivity contribution in [3.63, 3.8) is 0 Å². The van der Waals surface area contributed by atoms with Crippen LogP contribution >= 0.6 is 0 Å². The third-order valence-corrected chi connectivity index (χ3v) is 8.60. The number of ether oxygens (including phenoxy) is 1. The third kappa shape index (κ3) is 6.89. The molecule has 3 aromatic carbocycles. The molecule has 0 aromatic heterocycles. The van der Waals surface area contributed by atoms with Gasteiger partial charge in [-0.2, -0.15) is 0 Å². The fraction of sp³-hybridized carbons (Fsp3) is 0.300. The first kappa shape index (κ1) is 29.1. The minimum absolute atomic E-state index is 0.0454. The summed E-state index contributed by atoms with van der Waals surface area (Å²) in [6.45, 7) is 2.90. The summed E-state index contributed by atoms with van der Waals surface area (Å²) >= 11 is 0. The molecule has 0 radical (unpaired) electrons. The fourth-order valence-corrected chi connectivity index (χ4v) is 6.09. The van der Waals surface area contributed by atoms with Crippen LogP contribution in [-0.4, -0.2) is 81.2 Å². The van der Waals surface area contributed by atoms with Crippen LogP contribution in [0.2, 0.25) is 0 Å². The van der Waals surface area contributed by atoms with E-state index in [1.54, 1.807) is 46.2 Å². The summed E-state index contributed by atoms with van der Waals surface area (Å²) < 4.78 is 34.6. The first-order chi connectivity index (χ1) is 20.3. The number of likely N-dealkylation sites (tertiary alicyclic amines) is 1. The molecule has 2 heterocycles. The highest BCUT2D eigenvalue weighted by molar-refractivity contribution is 7.92. The van der Waals surface area contributed by atoms with Gasteiger partial charge in [-0.25, -0.2) is 8.42 Å². The molecule has 5 rings (SSSR count). The Morgan fingerprint density at radius 3 is 2.31 bits per heavy atom. The van der Waals surface area contributed by atoms with Gasteiger partial charge in [0.2, 0.25) is 11.8 Å². The number of hydrogen-bond acceptors (Lipinski definition) is 7. The fourth-order valence-electron chi connectivity index (χ4n) is 5.02. The van der Waals surface area contributed by atoms with Crippen molar-refractivity contribution in [1.29, 1.82) is 0 Å². The van der Waals surface area contributed by atoms with E-state index < -0.39 is 22.0 Å². The number of sulfonamides is 1. The molecule has 3 N–H and O–H groups in total. The second-order valence-electron chi connectivity index (χ2n) is 10.0. The molecule has 0 spiro atoms. The molecule has 0 aliphatic carbocycles. The van der Waals surface area contributed by atoms with Gasteiger partial charge in [0.1, 0.15) is 11.8 Å². The van der Waals surface area contributed by atoms with Gasteiger partial charge >= 0.3 is 0 Å². The van der Waals surface area contributed by atoms with Gasteiger partial charge in [-0.15, -0.1) is 0 Å². The number of hydrogen-bond donors (Lipinski definition) is 3. The van der Waals surface area contributed by atoms with Crippen molar-refractivity contribution < 1.29 is 27.5 Å². The van der Waals surface area contributed by atoms with E-state index >= 15 is 0 Å². The highest BCUT2D eigenvalue weighted by atomic mass is 32.2. The quantitative estimate of drug-likeness (QED) is 0.348. The van der Waals surface area contributed by atoms with Crippen LogP contribution in [0.1, 0.15) is 23.2 Å². The molecule has 0 bridgehead atoms. The van der Waals surface area contributed by atoms with Crippen LogP contribution in [0.5, 0.6) is 11.5 Å². The predicted octanol–water partition coefficient (Wildman–Crippen LogP) is 2.43. The molecule has 42 heavy (non-hydrogen) atoms. The average molecular weight is 592 g/mol. The van der Waals surface area contributed by atoms with E-state index in [9.17, 15) is 22.8 Å². The number of para-hydroxylation sites is 3. The van der Waals surface area contributed by atoms with Gasteiger partial charge < -0.3 is 25.2 Å². The Labute approximate surface area is 244 Å². The normalized spacial score (nSPS) is 17.0. The number of nitrogens with zero attached hydrogens (tertiary/aromatic N) is 2. The minimum atomic E-state index is -3.99. The van der Waals surface area contributed by atoms with Crippen LogP contribution in [-0.2, 0) is 19.6 Å². The van der Waals surface area contributed by atoms with Crippen LogP contribution in [0.25, 0.3) is 0 Å². The van der Waals surface area contributed by atoms with Crippen molar-refractivity contribution in [3.05, 3.63) is 84.4 Å². The smallest absolute Gasteiger partial charge is 0.262 e. The Hall–Kier alpha value is -4.42. The van der Waals surface area contributed by atoms with Gasteiger partial charge in [0, 0.05) is 38.3 Å². The highest BCUT2D eigenvalue weighted by Gasteiger charge is 2.36. The maximum Gasteiger partial charge on any atom is 0.262 e. The van der Waals surface area contributed by atoms with E-state index in [0.29, 0.717) is 37.6 Å². The first-order valence-corrected chi connectivity index (χ1v) is 15.3. The van der Waals surface area contributed by atoms with Crippen LogP contribution in [0.15, 0.2) is 83.8 Å². The van der Waals surface area contributed by atoms with Gasteiger partial charge in [-0.05, 0) is 61.4 Å². The summed E-state index contributed by atoms with van der Waals surface area (Å²) in [5, 5.41) is 5.81. The molecule has 220 valence electrons. The molecule has 11 nitrogen and oxygen atoms in total. The molecule has 2 aliphatic heterocycles. The second kappa shape index (κ2) is 13.0. The maximum absolute atomic E-state index is 13.1. The van der Waals surface area contributed by atoms with Gasteiger partial charge in [-0.3, -0.25) is 19.1 Å². The molecule has 2 aliphatic rings. The summed E-state index contributed by atoms with van der Waals surface area (Å²) in [7, 11) is -3.99. The van der Waals surface area contributed by atoms with Gasteiger partial charge in [0.15, 0.2) is 5.75 Å². The Kier molecular flexibility index (Phi) is 9.03. The van der Waals surface area contributed by atoms with Crippen LogP contribution in [0, 0.1) is 0 Å². The lowest BCUT2D eigenvalue weighted by Gasteiger charge is -2.33. The lowest BCUT2D eigenvalue weighted by Crippen LogP contribution is -2.54. The number of rotatable bonds is 9. The lowest BCUT2D eigenvalue weighted by molar-refractivity contribution is -0.143. The molecule has 1 atom stereocenters. The lowest BCUT2D eigenvalue weighted by atomic mass is 10.1. The Morgan fingerprint density at radius 1 is 0.881 bits per heavy atom. The van der Waals surface area contributed by atoms with E-state index in [1.807, 2.05) is 18.2 Å². The van der Waals surface area contributed by atoms with E-state index in [0.717, 1.165) is 19.5 Å². The number of anilines is 1. The van der Waals surface area contributed by atoms with Crippen molar-refractivity contribution in [3.8, 4) is 11.5 Å². The topological polar surface area (TPSA) is 137 Å². The molecule has 0 saturated carbocycles. The first-order valence-electron chi connectivity index (χ1n) is 13.8. The van der Waals surface area contributed by atoms with Crippen molar-refractivity contribution in [1.82, 2.24) is 20.4 Å². The number of carbonyl (C=O) groups excluding carboxylic acids is 3. The largest absolute Gasteiger partial charge is 0.455 e. The molecular formula is C30H33N5O6S. The average Bonchev–Trinajstić information content (AvgIpc) is 3.51. The zero-order chi connectivity index (χ0) is 29.5. The number of amides is 3. The van der Waals surface area contributed by atoms with Crippen molar-refractivity contribution in [2.24, 2.45) is 0 Å². The number of nitrogens with one attached hydrogen (secondary N) is 3. The zero-order valence-electron chi connectivity index (χ0n) is 23.0. The molecule has 0 unspecified atom stereocenters. The monoisotopic (exact) mass is 591 g/mol.